The van der Waals surface area contributed by atoms with E-state index < -0.39 is 0 Å². The second kappa shape index (κ2) is 9.08. The lowest BCUT2D eigenvalue weighted by molar-refractivity contribution is -0.130. The molecule has 0 aliphatic heterocycles. The number of amides is 1. The lowest BCUT2D eigenvalue weighted by Gasteiger charge is -2.18. The van der Waals surface area contributed by atoms with Gasteiger partial charge in [-0.1, -0.05) is 36.4 Å². The third kappa shape index (κ3) is 4.71. The maximum absolute atomic E-state index is 12.5. The molecule has 0 saturated carbocycles. The van der Waals surface area contributed by atoms with Crippen LogP contribution in [0, 0.1) is 0 Å². The van der Waals surface area contributed by atoms with Crippen molar-refractivity contribution in [3.05, 3.63) is 66.2 Å². The number of aromatic nitrogens is 1. The molecule has 0 unspecified atom stereocenters. The smallest absolute Gasteiger partial charge is 0.223 e. The minimum absolute atomic E-state index is 0.0225. The summed E-state index contributed by atoms with van der Waals surface area (Å²) in [6, 6.07) is 15.4. The summed E-state index contributed by atoms with van der Waals surface area (Å²) < 4.78 is 16.3. The quantitative estimate of drug-likeness (QED) is 0.592. The summed E-state index contributed by atoms with van der Waals surface area (Å²) in [5.74, 6) is 2.61. The summed E-state index contributed by atoms with van der Waals surface area (Å²) in [6.45, 7) is 0.486. The Morgan fingerprint density at radius 3 is 2.54 bits per heavy atom. The summed E-state index contributed by atoms with van der Waals surface area (Å²) in [5, 5.41) is 0. The van der Waals surface area contributed by atoms with Gasteiger partial charge in [0.25, 0.3) is 0 Å². The monoisotopic (exact) mass is 380 g/mol. The zero-order valence-electron chi connectivity index (χ0n) is 16.3. The van der Waals surface area contributed by atoms with E-state index in [1.807, 2.05) is 48.5 Å². The van der Waals surface area contributed by atoms with Crippen LogP contribution in [0.2, 0.25) is 0 Å². The molecule has 0 N–H and O–H groups in total. The van der Waals surface area contributed by atoms with E-state index in [0.29, 0.717) is 42.5 Å². The number of oxazole rings is 1. The maximum atomic E-state index is 12.5. The van der Waals surface area contributed by atoms with Gasteiger partial charge < -0.3 is 18.8 Å². The molecule has 0 bridgehead atoms. The Morgan fingerprint density at radius 2 is 1.82 bits per heavy atom. The van der Waals surface area contributed by atoms with Crippen LogP contribution >= 0.6 is 0 Å². The van der Waals surface area contributed by atoms with Crippen LogP contribution < -0.4 is 9.47 Å². The molecule has 6 nitrogen and oxygen atoms in total. The zero-order chi connectivity index (χ0) is 19.9. The Hall–Kier alpha value is -3.28. The molecule has 28 heavy (non-hydrogen) atoms. The van der Waals surface area contributed by atoms with Crippen LogP contribution in [0.3, 0.4) is 0 Å². The fourth-order valence-electron chi connectivity index (χ4n) is 2.91. The number of benzene rings is 2. The Balaban J connectivity index is 1.56. The Labute approximate surface area is 164 Å². The van der Waals surface area contributed by atoms with E-state index in [9.17, 15) is 4.79 Å². The van der Waals surface area contributed by atoms with Crippen molar-refractivity contribution >= 4 is 5.91 Å². The fourth-order valence-corrected chi connectivity index (χ4v) is 2.91. The predicted molar refractivity (Wildman–Crippen MR) is 106 cm³/mol. The van der Waals surface area contributed by atoms with Crippen LogP contribution in [0.5, 0.6) is 11.5 Å². The van der Waals surface area contributed by atoms with Crippen LogP contribution in [-0.2, 0) is 17.8 Å². The van der Waals surface area contributed by atoms with Crippen molar-refractivity contribution in [2.24, 2.45) is 0 Å². The van der Waals surface area contributed by atoms with E-state index in [4.69, 9.17) is 13.9 Å². The Kier molecular flexibility index (Phi) is 6.32. The molecule has 2 aromatic carbocycles. The summed E-state index contributed by atoms with van der Waals surface area (Å²) >= 11 is 0. The minimum atomic E-state index is 0.0225. The van der Waals surface area contributed by atoms with Crippen molar-refractivity contribution in [1.82, 2.24) is 9.88 Å². The van der Waals surface area contributed by atoms with Gasteiger partial charge >= 0.3 is 0 Å². The molecule has 0 aliphatic carbocycles. The SMILES string of the molecule is COc1ccc(CN(C)C(=O)CCc2ncc(-c3ccccc3)o2)cc1OC. The molecule has 0 aliphatic rings. The van der Waals surface area contributed by atoms with Gasteiger partial charge in [-0.3, -0.25) is 4.79 Å². The summed E-state index contributed by atoms with van der Waals surface area (Å²) in [4.78, 5) is 18.4. The van der Waals surface area contributed by atoms with Gasteiger partial charge in [-0.2, -0.15) is 0 Å². The first-order valence-electron chi connectivity index (χ1n) is 9.05. The number of carbonyl (C=O) groups excluding carboxylic acids is 1. The molecule has 0 spiro atoms. The van der Waals surface area contributed by atoms with Crippen molar-refractivity contribution in [2.45, 2.75) is 19.4 Å². The van der Waals surface area contributed by atoms with E-state index in [0.717, 1.165) is 11.1 Å². The van der Waals surface area contributed by atoms with Crippen molar-refractivity contribution in [1.29, 1.82) is 0 Å². The molecule has 0 atom stereocenters. The maximum Gasteiger partial charge on any atom is 0.223 e. The van der Waals surface area contributed by atoms with Crippen molar-refractivity contribution in [3.8, 4) is 22.8 Å². The molecule has 6 heteroatoms. The van der Waals surface area contributed by atoms with Crippen molar-refractivity contribution in [3.63, 3.8) is 0 Å². The van der Waals surface area contributed by atoms with Gasteiger partial charge in [0.1, 0.15) is 0 Å². The molecule has 0 radical (unpaired) electrons. The van der Waals surface area contributed by atoms with E-state index in [1.165, 1.54) is 0 Å². The fraction of sp³-hybridized carbons (Fsp3) is 0.273. The third-order valence-corrected chi connectivity index (χ3v) is 4.46. The van der Waals surface area contributed by atoms with Gasteiger partial charge in [0, 0.05) is 32.0 Å². The lowest BCUT2D eigenvalue weighted by atomic mass is 10.2. The van der Waals surface area contributed by atoms with Gasteiger partial charge in [0.2, 0.25) is 5.91 Å². The first-order valence-corrected chi connectivity index (χ1v) is 9.05. The number of carbonyl (C=O) groups is 1. The van der Waals surface area contributed by atoms with E-state index in [1.54, 1.807) is 32.4 Å². The molecule has 3 aromatic rings. The molecular formula is C22H24N2O4. The average Bonchev–Trinajstić information content (AvgIpc) is 3.21. The topological polar surface area (TPSA) is 64.8 Å². The molecular weight excluding hydrogens is 356 g/mol. The van der Waals surface area contributed by atoms with Crippen molar-refractivity contribution in [2.75, 3.05) is 21.3 Å². The molecule has 0 fully saturated rings. The zero-order valence-corrected chi connectivity index (χ0v) is 16.3. The largest absolute Gasteiger partial charge is 0.493 e. The molecule has 146 valence electrons. The van der Waals surface area contributed by atoms with Crippen molar-refractivity contribution < 1.29 is 18.7 Å². The molecule has 0 saturated heterocycles. The molecule has 1 aromatic heterocycles. The molecule has 1 amide bonds. The number of nitrogens with zero attached hydrogens (tertiary/aromatic N) is 2. The van der Waals surface area contributed by atoms with Crippen LogP contribution in [0.1, 0.15) is 17.9 Å². The standard InChI is InChI=1S/C22H24N2O4/c1-24(15-16-9-10-18(26-2)19(13-16)27-3)22(25)12-11-21-23-14-20(28-21)17-7-5-4-6-8-17/h4-10,13-14H,11-12,15H2,1-3H3. The van der Waals surface area contributed by atoms with Gasteiger partial charge in [-0.05, 0) is 17.7 Å². The summed E-state index contributed by atoms with van der Waals surface area (Å²) in [6.07, 6.45) is 2.49. The first-order chi connectivity index (χ1) is 13.6. The number of hydrogen-bond acceptors (Lipinski definition) is 5. The Bertz CT molecular complexity index is 921. The highest BCUT2D eigenvalue weighted by Gasteiger charge is 2.14. The van der Waals surface area contributed by atoms with Gasteiger partial charge in [0.15, 0.2) is 23.1 Å². The number of hydrogen-bond donors (Lipinski definition) is 0. The number of ether oxygens (including phenoxy) is 2. The van der Waals surface area contributed by atoms with E-state index >= 15 is 0 Å². The number of methoxy groups -OCH3 is 2. The summed E-state index contributed by atoms with van der Waals surface area (Å²) in [7, 11) is 4.97. The number of rotatable bonds is 8. The highest BCUT2D eigenvalue weighted by molar-refractivity contribution is 5.76. The highest BCUT2D eigenvalue weighted by atomic mass is 16.5. The Morgan fingerprint density at radius 1 is 1.07 bits per heavy atom. The highest BCUT2D eigenvalue weighted by Crippen LogP contribution is 2.28. The lowest BCUT2D eigenvalue weighted by Crippen LogP contribution is -2.26. The van der Waals surface area contributed by atoms with E-state index in [2.05, 4.69) is 4.98 Å². The van der Waals surface area contributed by atoms with Gasteiger partial charge in [-0.25, -0.2) is 4.98 Å². The summed E-state index contributed by atoms with van der Waals surface area (Å²) in [5.41, 5.74) is 1.94. The average molecular weight is 380 g/mol. The van der Waals surface area contributed by atoms with Crippen LogP contribution in [0.15, 0.2) is 59.1 Å². The molecule has 1 heterocycles. The predicted octanol–water partition coefficient (Wildman–Crippen LogP) is 3.95. The minimum Gasteiger partial charge on any atom is -0.493 e. The second-order valence-corrected chi connectivity index (χ2v) is 6.42. The van der Waals surface area contributed by atoms with Crippen LogP contribution in [-0.4, -0.2) is 37.1 Å². The van der Waals surface area contributed by atoms with Crippen LogP contribution in [0.25, 0.3) is 11.3 Å². The normalized spacial score (nSPS) is 10.5. The second-order valence-electron chi connectivity index (χ2n) is 6.42. The molecule has 3 rings (SSSR count). The third-order valence-electron chi connectivity index (χ3n) is 4.46. The first kappa shape index (κ1) is 19.5. The van der Waals surface area contributed by atoms with Gasteiger partial charge in [-0.15, -0.1) is 0 Å². The van der Waals surface area contributed by atoms with Crippen LogP contribution in [0.4, 0.5) is 0 Å². The van der Waals surface area contributed by atoms with Gasteiger partial charge in [0.05, 0.1) is 20.4 Å². The number of aryl methyl sites for hydroxylation is 1. The van der Waals surface area contributed by atoms with E-state index in [-0.39, 0.29) is 5.91 Å².